The Morgan fingerprint density at radius 2 is 2.00 bits per heavy atom. The highest BCUT2D eigenvalue weighted by Gasteiger charge is 1.96. The molecule has 0 spiro atoms. The highest BCUT2D eigenvalue weighted by Crippen LogP contribution is 2.12. The molecule has 0 aliphatic carbocycles. The van der Waals surface area contributed by atoms with E-state index in [9.17, 15) is 0 Å². The van der Waals surface area contributed by atoms with Crippen LogP contribution in [0.25, 0.3) is 0 Å². The third-order valence-electron chi connectivity index (χ3n) is 2.48. The van der Waals surface area contributed by atoms with Crippen LogP contribution in [0.15, 0.2) is 41.4 Å². The first-order chi connectivity index (χ1) is 9.61. The summed E-state index contributed by atoms with van der Waals surface area (Å²) >= 11 is 0. The molecular weight excluding hydrogens is 254 g/mol. The van der Waals surface area contributed by atoms with Gasteiger partial charge in [0.15, 0.2) is 5.96 Å². The van der Waals surface area contributed by atoms with Gasteiger partial charge in [0.1, 0.15) is 12.4 Å². The van der Waals surface area contributed by atoms with E-state index in [1.165, 1.54) is 0 Å². The molecule has 0 bridgehead atoms. The molecule has 0 aliphatic rings. The number of nitrogens with zero attached hydrogens (tertiary/aromatic N) is 1. The van der Waals surface area contributed by atoms with Crippen LogP contribution >= 0.6 is 0 Å². The minimum absolute atomic E-state index is 0.424. The zero-order chi connectivity index (χ0) is 14.8. The highest BCUT2D eigenvalue weighted by molar-refractivity contribution is 5.78. The average molecular weight is 277 g/mol. The molecule has 0 fully saturated rings. The number of hydrogen-bond acceptors (Lipinski definition) is 3. The van der Waals surface area contributed by atoms with E-state index in [2.05, 4.69) is 16.9 Å². The van der Waals surface area contributed by atoms with Crippen molar-refractivity contribution < 1.29 is 9.47 Å². The van der Waals surface area contributed by atoms with Crippen molar-refractivity contribution >= 4 is 5.96 Å². The minimum atomic E-state index is 0.424. The van der Waals surface area contributed by atoms with Crippen LogP contribution in [0.2, 0.25) is 0 Å². The van der Waals surface area contributed by atoms with Gasteiger partial charge >= 0.3 is 0 Å². The van der Waals surface area contributed by atoms with E-state index in [1.807, 2.05) is 31.2 Å². The second kappa shape index (κ2) is 8.98. The molecule has 0 amide bonds. The molecule has 0 saturated carbocycles. The first kappa shape index (κ1) is 16.0. The molecule has 1 aromatic rings. The summed E-state index contributed by atoms with van der Waals surface area (Å²) in [5, 5.41) is 2.99. The Labute approximate surface area is 120 Å². The lowest BCUT2D eigenvalue weighted by atomic mass is 10.2. The molecule has 0 radical (unpaired) electrons. The maximum absolute atomic E-state index is 5.74. The highest BCUT2D eigenvalue weighted by atomic mass is 16.5. The molecule has 0 aromatic heterocycles. The number of aliphatic imine (C=N–C) groups is 1. The van der Waals surface area contributed by atoms with Gasteiger partial charge < -0.3 is 20.5 Å². The summed E-state index contributed by atoms with van der Waals surface area (Å²) in [5.74, 6) is 1.25. The molecule has 20 heavy (non-hydrogen) atoms. The van der Waals surface area contributed by atoms with Crippen LogP contribution in [-0.2, 0) is 11.3 Å². The third kappa shape index (κ3) is 6.80. The van der Waals surface area contributed by atoms with E-state index < -0.39 is 0 Å². The van der Waals surface area contributed by atoms with Crippen LogP contribution in [0.4, 0.5) is 0 Å². The second-order valence-electron chi connectivity index (χ2n) is 4.50. The van der Waals surface area contributed by atoms with Crippen molar-refractivity contribution in [3.05, 3.63) is 42.0 Å². The predicted octanol–water partition coefficient (Wildman–Crippen LogP) is 1.69. The smallest absolute Gasteiger partial charge is 0.189 e. The molecule has 5 heteroatoms. The monoisotopic (exact) mass is 277 g/mol. The van der Waals surface area contributed by atoms with Crippen molar-refractivity contribution in [1.29, 1.82) is 0 Å². The van der Waals surface area contributed by atoms with Crippen molar-refractivity contribution in [2.45, 2.75) is 13.5 Å². The van der Waals surface area contributed by atoms with E-state index in [-0.39, 0.29) is 0 Å². The number of nitrogens with two attached hydrogens (primary N) is 1. The number of nitrogens with one attached hydrogen (secondary N) is 1. The number of ether oxygens (including phenoxy) is 2. The molecule has 0 saturated heterocycles. The molecular formula is C15H23N3O2. The Morgan fingerprint density at radius 3 is 2.60 bits per heavy atom. The third-order valence-corrected chi connectivity index (χ3v) is 2.48. The first-order valence-electron chi connectivity index (χ1n) is 6.50. The van der Waals surface area contributed by atoms with Crippen LogP contribution < -0.4 is 15.8 Å². The molecule has 5 nitrogen and oxygen atoms in total. The molecule has 110 valence electrons. The van der Waals surface area contributed by atoms with Gasteiger partial charge in [0.25, 0.3) is 0 Å². The number of hydrogen-bond donors (Lipinski definition) is 2. The maximum Gasteiger partial charge on any atom is 0.189 e. The molecule has 3 N–H and O–H groups in total. The molecule has 0 unspecified atom stereocenters. The summed E-state index contributed by atoms with van der Waals surface area (Å²) in [6, 6.07) is 7.77. The first-order valence-corrected chi connectivity index (χ1v) is 6.50. The number of guanidine groups is 1. The van der Waals surface area contributed by atoms with Crippen molar-refractivity contribution in [2.75, 3.05) is 26.9 Å². The second-order valence-corrected chi connectivity index (χ2v) is 4.50. The van der Waals surface area contributed by atoms with Crippen LogP contribution in [0.3, 0.4) is 0 Å². The van der Waals surface area contributed by atoms with Crippen LogP contribution in [0, 0.1) is 0 Å². The average Bonchev–Trinajstić information content (AvgIpc) is 2.44. The van der Waals surface area contributed by atoms with Crippen molar-refractivity contribution in [3.63, 3.8) is 0 Å². The van der Waals surface area contributed by atoms with E-state index in [0.717, 1.165) is 16.9 Å². The topological polar surface area (TPSA) is 68.9 Å². The fraction of sp³-hybridized carbons (Fsp3) is 0.400. The Morgan fingerprint density at radius 1 is 1.30 bits per heavy atom. The zero-order valence-corrected chi connectivity index (χ0v) is 12.2. The summed E-state index contributed by atoms with van der Waals surface area (Å²) in [7, 11) is 1.65. The summed E-state index contributed by atoms with van der Waals surface area (Å²) in [4.78, 5) is 4.25. The fourth-order valence-electron chi connectivity index (χ4n) is 1.41. The van der Waals surface area contributed by atoms with E-state index in [1.54, 1.807) is 7.11 Å². The van der Waals surface area contributed by atoms with Gasteiger partial charge in [-0.1, -0.05) is 24.3 Å². The maximum atomic E-state index is 5.74. The minimum Gasteiger partial charge on any atom is -0.491 e. The van der Waals surface area contributed by atoms with Gasteiger partial charge in [-0.3, -0.25) is 0 Å². The summed E-state index contributed by atoms with van der Waals surface area (Å²) < 4.78 is 10.4. The summed E-state index contributed by atoms with van der Waals surface area (Å²) in [6.07, 6.45) is 0. The van der Waals surface area contributed by atoms with Gasteiger partial charge in [-0.2, -0.15) is 0 Å². The predicted molar refractivity (Wildman–Crippen MR) is 82.0 cm³/mol. The van der Waals surface area contributed by atoms with Gasteiger partial charge in [0.2, 0.25) is 0 Å². The zero-order valence-electron chi connectivity index (χ0n) is 12.2. The molecule has 0 atom stereocenters. The molecule has 0 heterocycles. The van der Waals surface area contributed by atoms with Crippen molar-refractivity contribution in [1.82, 2.24) is 5.32 Å². The van der Waals surface area contributed by atoms with Gasteiger partial charge in [0.05, 0.1) is 13.2 Å². The Kier molecular flexibility index (Phi) is 7.21. The Hall–Kier alpha value is -2.01. The number of benzene rings is 1. The van der Waals surface area contributed by atoms with Gasteiger partial charge in [-0.05, 0) is 24.6 Å². The number of rotatable bonds is 8. The lowest BCUT2D eigenvalue weighted by Crippen LogP contribution is -2.32. The van der Waals surface area contributed by atoms with Crippen molar-refractivity contribution in [3.8, 4) is 5.75 Å². The SMILES string of the molecule is C=C(C)CNC(N)=NCc1ccc(OCCOC)cc1. The Bertz CT molecular complexity index is 441. The van der Waals surface area contributed by atoms with Crippen LogP contribution in [-0.4, -0.2) is 32.8 Å². The quantitative estimate of drug-likeness (QED) is 0.328. The molecule has 1 aromatic carbocycles. The molecule has 1 rings (SSSR count). The summed E-state index contributed by atoms with van der Waals surface area (Å²) in [5.41, 5.74) is 7.83. The van der Waals surface area contributed by atoms with Crippen molar-refractivity contribution in [2.24, 2.45) is 10.7 Å². The van der Waals surface area contributed by atoms with E-state index in [4.69, 9.17) is 15.2 Å². The van der Waals surface area contributed by atoms with E-state index in [0.29, 0.717) is 32.3 Å². The molecule has 0 aliphatic heterocycles. The normalized spacial score (nSPS) is 11.2. The fourth-order valence-corrected chi connectivity index (χ4v) is 1.41. The van der Waals surface area contributed by atoms with Gasteiger partial charge in [-0.15, -0.1) is 0 Å². The lowest BCUT2D eigenvalue weighted by molar-refractivity contribution is 0.146. The largest absolute Gasteiger partial charge is 0.491 e. The van der Waals surface area contributed by atoms with E-state index >= 15 is 0 Å². The van der Waals surface area contributed by atoms with Gasteiger partial charge in [-0.25, -0.2) is 4.99 Å². The standard InChI is InChI=1S/C15H23N3O2/c1-12(2)10-17-15(16)18-11-13-4-6-14(7-5-13)20-9-8-19-3/h4-7H,1,8-11H2,2-3H3,(H3,16,17,18). The van der Waals surface area contributed by atoms with Crippen LogP contribution in [0.1, 0.15) is 12.5 Å². The van der Waals surface area contributed by atoms with Gasteiger partial charge in [0, 0.05) is 13.7 Å². The number of methoxy groups -OCH3 is 1. The van der Waals surface area contributed by atoms with Crippen LogP contribution in [0.5, 0.6) is 5.75 Å². The summed E-state index contributed by atoms with van der Waals surface area (Å²) in [6.45, 7) is 8.03. The lowest BCUT2D eigenvalue weighted by Gasteiger charge is -2.07. The Balaban J connectivity index is 2.40.